The molecule has 8 heteroatoms. The van der Waals surface area contributed by atoms with E-state index in [0.717, 1.165) is 0 Å². The first-order valence-electron chi connectivity index (χ1n) is 6.63. The van der Waals surface area contributed by atoms with E-state index in [0.29, 0.717) is 31.6 Å². The van der Waals surface area contributed by atoms with Crippen LogP contribution in [0.4, 0.5) is 0 Å². The van der Waals surface area contributed by atoms with Crippen LogP contribution >= 0.6 is 55.1 Å². The summed E-state index contributed by atoms with van der Waals surface area (Å²) in [4.78, 5) is 22.1. The molecule has 0 aromatic heterocycles. The molecule has 0 amide bonds. The monoisotopic (exact) mass is 494 g/mol. The number of rotatable bonds is 7. The molecular formula is C16H10Br2Cl2O4. The van der Waals surface area contributed by atoms with Gasteiger partial charge in [0.1, 0.15) is 24.7 Å². The molecule has 0 fully saturated rings. The maximum atomic E-state index is 11.1. The normalized spacial score (nSPS) is 10.3. The molecule has 0 bridgehead atoms. The zero-order chi connectivity index (χ0) is 17.7. The predicted octanol–water partition coefficient (Wildman–Crippen LogP) is 5.43. The van der Waals surface area contributed by atoms with Crippen LogP contribution < -0.4 is 9.47 Å². The van der Waals surface area contributed by atoms with Gasteiger partial charge >= 0.3 is 0 Å². The van der Waals surface area contributed by atoms with Gasteiger partial charge in [0.2, 0.25) is 0 Å². The van der Waals surface area contributed by atoms with Gasteiger partial charge < -0.3 is 9.47 Å². The summed E-state index contributed by atoms with van der Waals surface area (Å²) in [5.74, 6) is 1.14. The van der Waals surface area contributed by atoms with E-state index in [9.17, 15) is 9.59 Å². The van der Waals surface area contributed by atoms with Crippen LogP contribution in [0.1, 0.15) is 20.7 Å². The Balaban J connectivity index is 1.89. The first kappa shape index (κ1) is 19.2. The Morgan fingerprint density at radius 3 is 1.46 bits per heavy atom. The van der Waals surface area contributed by atoms with Gasteiger partial charge in [0.25, 0.3) is 10.5 Å². The van der Waals surface area contributed by atoms with E-state index in [1.807, 2.05) is 0 Å². The van der Waals surface area contributed by atoms with Gasteiger partial charge in [-0.1, -0.05) is 0 Å². The van der Waals surface area contributed by atoms with Gasteiger partial charge in [0.15, 0.2) is 0 Å². The molecule has 0 N–H and O–H groups in total. The molecule has 0 atom stereocenters. The third-order valence-corrected chi connectivity index (χ3v) is 4.59. The summed E-state index contributed by atoms with van der Waals surface area (Å²) in [5, 5.41) is -1.07. The highest BCUT2D eigenvalue weighted by molar-refractivity contribution is 9.10. The van der Waals surface area contributed by atoms with Crippen LogP contribution in [0.15, 0.2) is 45.3 Å². The molecule has 0 unspecified atom stereocenters. The number of hydrogen-bond acceptors (Lipinski definition) is 4. The van der Waals surface area contributed by atoms with E-state index in [1.165, 1.54) is 0 Å². The fraction of sp³-hybridized carbons (Fsp3) is 0.125. The van der Waals surface area contributed by atoms with E-state index < -0.39 is 10.5 Å². The van der Waals surface area contributed by atoms with E-state index in [1.54, 1.807) is 36.4 Å². The lowest BCUT2D eigenvalue weighted by Gasteiger charge is -2.11. The predicted molar refractivity (Wildman–Crippen MR) is 99.6 cm³/mol. The summed E-state index contributed by atoms with van der Waals surface area (Å²) in [6, 6.07) is 9.63. The van der Waals surface area contributed by atoms with Crippen molar-refractivity contribution < 1.29 is 19.1 Å². The van der Waals surface area contributed by atoms with Gasteiger partial charge in [-0.25, -0.2) is 0 Å². The lowest BCUT2D eigenvalue weighted by atomic mass is 10.2. The summed E-state index contributed by atoms with van der Waals surface area (Å²) >= 11 is 17.5. The molecule has 0 radical (unpaired) electrons. The van der Waals surface area contributed by atoms with Gasteiger partial charge in [-0.3, -0.25) is 9.59 Å². The molecule has 0 aliphatic heterocycles. The fourth-order valence-corrected chi connectivity index (χ4v) is 3.01. The van der Waals surface area contributed by atoms with Gasteiger partial charge in [-0.15, -0.1) is 0 Å². The quantitative estimate of drug-likeness (QED) is 0.379. The van der Waals surface area contributed by atoms with Gasteiger partial charge in [0.05, 0.1) is 8.95 Å². The molecule has 0 aliphatic carbocycles. The minimum atomic E-state index is -0.533. The zero-order valence-corrected chi connectivity index (χ0v) is 16.7. The average molecular weight is 497 g/mol. The second kappa shape index (κ2) is 8.85. The highest BCUT2D eigenvalue weighted by atomic mass is 79.9. The Bertz CT molecular complexity index is 715. The van der Waals surface area contributed by atoms with Crippen molar-refractivity contribution in [3.05, 3.63) is 56.5 Å². The minimum Gasteiger partial charge on any atom is -0.489 e. The molecule has 0 saturated carbocycles. The van der Waals surface area contributed by atoms with Crippen molar-refractivity contribution in [2.45, 2.75) is 0 Å². The Morgan fingerprint density at radius 2 is 1.17 bits per heavy atom. The van der Waals surface area contributed by atoms with Crippen molar-refractivity contribution in [2.75, 3.05) is 13.2 Å². The summed E-state index contributed by atoms with van der Waals surface area (Å²) in [5.41, 5.74) is 0.759. The first-order chi connectivity index (χ1) is 11.4. The van der Waals surface area contributed by atoms with Crippen molar-refractivity contribution >= 4 is 65.5 Å². The molecule has 0 spiro atoms. The molecular weight excluding hydrogens is 487 g/mol. The Labute approximate surface area is 165 Å². The molecule has 2 rings (SSSR count). The number of hydrogen-bond donors (Lipinski definition) is 0. The SMILES string of the molecule is O=C(Cl)c1ccc(OCCOc2ccc(C(=O)Cl)cc2Br)c(Br)c1. The van der Waals surface area contributed by atoms with Gasteiger partial charge in [0, 0.05) is 11.1 Å². The topological polar surface area (TPSA) is 52.6 Å². The van der Waals surface area contributed by atoms with Crippen LogP contribution in [0.5, 0.6) is 11.5 Å². The van der Waals surface area contributed by atoms with Crippen LogP contribution in [0, 0.1) is 0 Å². The van der Waals surface area contributed by atoms with Crippen molar-refractivity contribution in [3.8, 4) is 11.5 Å². The molecule has 0 heterocycles. The third-order valence-electron chi connectivity index (χ3n) is 2.92. The molecule has 4 nitrogen and oxygen atoms in total. The number of halogens is 4. The van der Waals surface area contributed by atoms with Crippen LogP contribution in [0.3, 0.4) is 0 Å². The molecule has 24 heavy (non-hydrogen) atoms. The van der Waals surface area contributed by atoms with E-state index in [4.69, 9.17) is 32.7 Å². The lowest BCUT2D eigenvalue weighted by Crippen LogP contribution is -2.09. The van der Waals surface area contributed by atoms with Crippen molar-refractivity contribution in [1.82, 2.24) is 0 Å². The number of carbonyl (C=O) groups is 2. The molecule has 126 valence electrons. The lowest BCUT2D eigenvalue weighted by molar-refractivity contribution is 0.107. The van der Waals surface area contributed by atoms with Crippen LogP contribution in [0.25, 0.3) is 0 Å². The molecule has 2 aromatic carbocycles. The fourth-order valence-electron chi connectivity index (χ4n) is 1.78. The third kappa shape index (κ3) is 5.21. The number of benzene rings is 2. The second-order valence-electron chi connectivity index (χ2n) is 4.53. The summed E-state index contributed by atoms with van der Waals surface area (Å²) in [6.45, 7) is 0.574. The minimum absolute atomic E-state index is 0.287. The number of carbonyl (C=O) groups excluding carboxylic acids is 2. The van der Waals surface area contributed by atoms with Crippen LogP contribution in [-0.2, 0) is 0 Å². The Kier molecular flexibility index (Phi) is 7.10. The molecule has 0 aliphatic rings. The van der Waals surface area contributed by atoms with Crippen molar-refractivity contribution in [3.63, 3.8) is 0 Å². The van der Waals surface area contributed by atoms with Crippen molar-refractivity contribution in [2.24, 2.45) is 0 Å². The smallest absolute Gasteiger partial charge is 0.252 e. The van der Waals surface area contributed by atoms with E-state index in [2.05, 4.69) is 31.9 Å². The summed E-state index contributed by atoms with van der Waals surface area (Å²) in [6.07, 6.45) is 0. The zero-order valence-electron chi connectivity index (χ0n) is 12.0. The summed E-state index contributed by atoms with van der Waals surface area (Å²) < 4.78 is 12.4. The molecule has 2 aromatic rings. The van der Waals surface area contributed by atoms with Crippen LogP contribution in [0.2, 0.25) is 0 Å². The Morgan fingerprint density at radius 1 is 0.792 bits per heavy atom. The Hall–Kier alpha value is -1.08. The maximum Gasteiger partial charge on any atom is 0.252 e. The maximum absolute atomic E-state index is 11.1. The highest BCUT2D eigenvalue weighted by Crippen LogP contribution is 2.28. The van der Waals surface area contributed by atoms with Gasteiger partial charge in [-0.05, 0) is 91.5 Å². The van der Waals surface area contributed by atoms with Crippen LogP contribution in [-0.4, -0.2) is 23.7 Å². The van der Waals surface area contributed by atoms with Crippen molar-refractivity contribution in [1.29, 1.82) is 0 Å². The van der Waals surface area contributed by atoms with E-state index in [-0.39, 0.29) is 13.2 Å². The van der Waals surface area contributed by atoms with E-state index >= 15 is 0 Å². The second-order valence-corrected chi connectivity index (χ2v) is 6.93. The first-order valence-corrected chi connectivity index (χ1v) is 8.97. The largest absolute Gasteiger partial charge is 0.489 e. The summed E-state index contributed by atoms with van der Waals surface area (Å²) in [7, 11) is 0. The molecule has 0 saturated heterocycles. The number of ether oxygens (including phenoxy) is 2. The van der Waals surface area contributed by atoms with Gasteiger partial charge in [-0.2, -0.15) is 0 Å². The standard InChI is InChI=1S/C16H10Br2Cl2O4/c17-11-7-9(15(19)21)1-3-13(11)23-5-6-24-14-4-2-10(16(20)22)8-12(14)18/h1-4,7-8H,5-6H2. The highest BCUT2D eigenvalue weighted by Gasteiger charge is 2.09. The average Bonchev–Trinajstić information content (AvgIpc) is 2.53.